The summed E-state index contributed by atoms with van der Waals surface area (Å²) in [4.78, 5) is 40.2. The van der Waals surface area contributed by atoms with Crippen molar-refractivity contribution < 1.29 is 19.5 Å². The van der Waals surface area contributed by atoms with Crippen molar-refractivity contribution in [2.75, 3.05) is 24.5 Å². The number of anilines is 1. The molecule has 0 bridgehead atoms. The smallest absolute Gasteiger partial charge is 0.303 e. The number of fused-ring (bicyclic) bond motifs is 1. The molecule has 1 N–H and O–H groups in total. The quantitative estimate of drug-likeness (QED) is 0.809. The molecule has 30 heavy (non-hydrogen) atoms. The number of halogens is 1. The first-order valence-electron chi connectivity index (χ1n) is 10.0. The Morgan fingerprint density at radius 3 is 2.47 bits per heavy atom. The van der Waals surface area contributed by atoms with Crippen molar-refractivity contribution in [3.63, 3.8) is 0 Å². The van der Waals surface area contributed by atoms with Gasteiger partial charge in [-0.25, -0.2) is 0 Å². The van der Waals surface area contributed by atoms with Gasteiger partial charge in [0.1, 0.15) is 0 Å². The van der Waals surface area contributed by atoms with Crippen LogP contribution in [0.4, 0.5) is 5.69 Å². The molecule has 0 aliphatic carbocycles. The molecule has 6 nitrogen and oxygen atoms in total. The molecule has 2 aromatic carbocycles. The van der Waals surface area contributed by atoms with E-state index >= 15 is 0 Å². The zero-order chi connectivity index (χ0) is 21.3. The third-order valence-electron chi connectivity index (χ3n) is 6.02. The lowest BCUT2D eigenvalue weighted by molar-refractivity contribution is -0.140. The second-order valence-corrected chi connectivity index (χ2v) is 8.60. The summed E-state index contributed by atoms with van der Waals surface area (Å²) in [6.45, 7) is 1.64. The number of hydrogen-bond donors (Lipinski definition) is 1. The zero-order valence-corrected chi connectivity index (χ0v) is 17.3. The van der Waals surface area contributed by atoms with Gasteiger partial charge in [-0.1, -0.05) is 29.8 Å². The van der Waals surface area contributed by atoms with Gasteiger partial charge in [-0.15, -0.1) is 0 Å². The number of aliphatic carboxylic acids is 1. The van der Waals surface area contributed by atoms with Crippen LogP contribution in [-0.2, 0) is 16.0 Å². The van der Waals surface area contributed by atoms with Gasteiger partial charge < -0.3 is 14.9 Å². The summed E-state index contributed by atoms with van der Waals surface area (Å²) >= 11 is 5.97. The first kappa shape index (κ1) is 20.4. The Bertz CT molecular complexity index is 991. The Morgan fingerprint density at radius 2 is 1.73 bits per heavy atom. The van der Waals surface area contributed by atoms with Gasteiger partial charge in [-0.3, -0.25) is 14.4 Å². The maximum absolute atomic E-state index is 13.3. The maximum Gasteiger partial charge on any atom is 0.303 e. The highest BCUT2D eigenvalue weighted by atomic mass is 35.5. The SMILES string of the molecule is O=C(O)CCC(=O)N1CCC2(Cc3ccccc3N(C(=O)c3ccc(Cl)cc3)C2)C1. The Balaban J connectivity index is 1.59. The number of hydrogen-bond acceptors (Lipinski definition) is 3. The van der Waals surface area contributed by atoms with Gasteiger partial charge in [0, 0.05) is 47.7 Å². The summed E-state index contributed by atoms with van der Waals surface area (Å²) in [5.41, 5.74) is 2.33. The molecule has 1 spiro atoms. The number of nitrogens with zero attached hydrogens (tertiary/aromatic N) is 2. The van der Waals surface area contributed by atoms with Gasteiger partial charge in [-0.2, -0.15) is 0 Å². The monoisotopic (exact) mass is 426 g/mol. The Kier molecular flexibility index (Phi) is 5.52. The van der Waals surface area contributed by atoms with Crippen LogP contribution in [-0.4, -0.2) is 47.4 Å². The topological polar surface area (TPSA) is 77.9 Å². The summed E-state index contributed by atoms with van der Waals surface area (Å²) in [6.07, 6.45) is 1.42. The van der Waals surface area contributed by atoms with E-state index in [0.29, 0.717) is 30.2 Å². The van der Waals surface area contributed by atoms with Crippen LogP contribution in [0.2, 0.25) is 5.02 Å². The molecule has 0 aromatic heterocycles. The molecule has 0 radical (unpaired) electrons. The second kappa shape index (κ2) is 8.11. The van der Waals surface area contributed by atoms with Crippen LogP contribution in [0.1, 0.15) is 35.2 Å². The van der Waals surface area contributed by atoms with Crippen LogP contribution in [0.25, 0.3) is 0 Å². The maximum atomic E-state index is 13.3. The van der Waals surface area contributed by atoms with E-state index in [2.05, 4.69) is 0 Å². The van der Waals surface area contributed by atoms with E-state index in [1.807, 2.05) is 29.2 Å². The Morgan fingerprint density at radius 1 is 1.00 bits per heavy atom. The van der Waals surface area contributed by atoms with Crippen LogP contribution >= 0.6 is 11.6 Å². The van der Waals surface area contributed by atoms with Crippen LogP contribution in [0.15, 0.2) is 48.5 Å². The van der Waals surface area contributed by atoms with Crippen LogP contribution in [0.3, 0.4) is 0 Å². The van der Waals surface area contributed by atoms with Crippen molar-refractivity contribution in [2.45, 2.75) is 25.7 Å². The first-order chi connectivity index (χ1) is 14.4. The summed E-state index contributed by atoms with van der Waals surface area (Å²) in [6, 6.07) is 14.8. The molecule has 2 amide bonds. The molecule has 2 aliphatic rings. The van der Waals surface area contributed by atoms with Crippen molar-refractivity contribution in [1.29, 1.82) is 0 Å². The van der Waals surface area contributed by atoms with Crippen LogP contribution < -0.4 is 4.90 Å². The third kappa shape index (κ3) is 4.05. The van der Waals surface area contributed by atoms with E-state index < -0.39 is 5.97 Å². The van der Waals surface area contributed by atoms with Crippen molar-refractivity contribution in [1.82, 2.24) is 4.90 Å². The summed E-state index contributed by atoms with van der Waals surface area (Å²) in [5.74, 6) is -1.19. The van der Waals surface area contributed by atoms with Gasteiger partial charge in [0.25, 0.3) is 5.91 Å². The largest absolute Gasteiger partial charge is 0.481 e. The van der Waals surface area contributed by atoms with Crippen LogP contribution in [0, 0.1) is 5.41 Å². The number of rotatable bonds is 4. The summed E-state index contributed by atoms with van der Waals surface area (Å²) in [5, 5.41) is 9.43. The highest BCUT2D eigenvalue weighted by Gasteiger charge is 2.45. The van der Waals surface area contributed by atoms with Gasteiger partial charge in [0.2, 0.25) is 5.91 Å². The minimum Gasteiger partial charge on any atom is -0.481 e. The number of amides is 2. The normalized spacial score (nSPS) is 20.3. The van der Waals surface area contributed by atoms with Gasteiger partial charge in [-0.05, 0) is 48.7 Å². The lowest BCUT2D eigenvalue weighted by Crippen LogP contribution is -2.48. The summed E-state index contributed by atoms with van der Waals surface area (Å²) < 4.78 is 0. The van der Waals surface area contributed by atoms with E-state index in [-0.39, 0.29) is 30.1 Å². The van der Waals surface area contributed by atoms with E-state index in [4.69, 9.17) is 16.7 Å². The molecule has 2 aliphatic heterocycles. The van der Waals surface area contributed by atoms with Crippen molar-refractivity contribution in [3.8, 4) is 0 Å². The lowest BCUT2D eigenvalue weighted by atomic mass is 9.76. The number of likely N-dealkylation sites (tertiary alicyclic amines) is 1. The van der Waals surface area contributed by atoms with E-state index in [0.717, 1.165) is 24.1 Å². The lowest BCUT2D eigenvalue weighted by Gasteiger charge is -2.41. The van der Waals surface area contributed by atoms with E-state index in [1.54, 1.807) is 29.2 Å². The Hall–Kier alpha value is -2.86. The van der Waals surface area contributed by atoms with Gasteiger partial charge in [0.05, 0.1) is 6.42 Å². The van der Waals surface area contributed by atoms with Crippen molar-refractivity contribution >= 4 is 35.1 Å². The second-order valence-electron chi connectivity index (χ2n) is 8.16. The zero-order valence-electron chi connectivity index (χ0n) is 16.5. The predicted octanol–water partition coefficient (Wildman–Crippen LogP) is 3.63. The minimum atomic E-state index is -0.969. The molecule has 2 aromatic rings. The number of benzene rings is 2. The Labute approximate surface area is 180 Å². The molecule has 1 atom stereocenters. The molecular formula is C23H23ClN2O4. The highest BCUT2D eigenvalue weighted by molar-refractivity contribution is 6.30. The van der Waals surface area contributed by atoms with Gasteiger partial charge >= 0.3 is 5.97 Å². The number of carbonyl (C=O) groups is 3. The fourth-order valence-electron chi connectivity index (χ4n) is 4.53. The number of carbonyl (C=O) groups excluding carboxylic acids is 2. The number of carboxylic acids is 1. The average molecular weight is 427 g/mol. The average Bonchev–Trinajstić information content (AvgIpc) is 3.14. The summed E-state index contributed by atoms with van der Waals surface area (Å²) in [7, 11) is 0. The molecule has 7 heteroatoms. The molecule has 2 heterocycles. The third-order valence-corrected chi connectivity index (χ3v) is 6.27. The van der Waals surface area contributed by atoms with Crippen molar-refractivity contribution in [3.05, 3.63) is 64.7 Å². The minimum absolute atomic E-state index is 0.00935. The number of para-hydroxylation sites is 1. The van der Waals surface area contributed by atoms with Crippen LogP contribution in [0.5, 0.6) is 0 Å². The van der Waals surface area contributed by atoms with Crippen molar-refractivity contribution in [2.24, 2.45) is 5.41 Å². The van der Waals surface area contributed by atoms with Gasteiger partial charge in [0.15, 0.2) is 0 Å². The number of carboxylic acid groups (broad SMARTS) is 1. The molecular weight excluding hydrogens is 404 g/mol. The fourth-order valence-corrected chi connectivity index (χ4v) is 4.65. The molecule has 1 saturated heterocycles. The highest BCUT2D eigenvalue weighted by Crippen LogP contribution is 2.43. The first-order valence-corrected chi connectivity index (χ1v) is 10.4. The molecule has 4 rings (SSSR count). The molecule has 156 valence electrons. The standard InChI is InChI=1S/C23H23ClN2O4/c24-18-7-5-16(6-8-18)22(30)26-15-23(13-17-3-1-2-4-19(17)26)11-12-25(14-23)20(27)9-10-21(28)29/h1-8H,9-15H2,(H,28,29). The predicted molar refractivity (Wildman–Crippen MR) is 114 cm³/mol. The molecule has 1 fully saturated rings. The molecule has 1 unspecified atom stereocenters. The fraction of sp³-hybridized carbons (Fsp3) is 0.348. The van der Waals surface area contributed by atoms with E-state index in [9.17, 15) is 14.4 Å². The van der Waals surface area contributed by atoms with E-state index in [1.165, 1.54) is 0 Å². The molecule has 0 saturated carbocycles.